The van der Waals surface area contributed by atoms with Gasteiger partial charge in [-0.3, -0.25) is 9.59 Å². The van der Waals surface area contributed by atoms with Gasteiger partial charge in [-0.15, -0.1) is 0 Å². The van der Waals surface area contributed by atoms with Crippen LogP contribution in [-0.2, 0) is 4.79 Å². The Balaban J connectivity index is 1.57. The van der Waals surface area contributed by atoms with Crippen molar-refractivity contribution in [2.75, 3.05) is 13.1 Å². The lowest BCUT2D eigenvalue weighted by atomic mass is 9.84. The molecule has 0 spiro atoms. The first kappa shape index (κ1) is 16.5. The highest BCUT2D eigenvalue weighted by molar-refractivity contribution is 6.04. The van der Waals surface area contributed by atoms with Gasteiger partial charge in [-0.1, -0.05) is 18.6 Å². The average Bonchev–Trinajstić information content (AvgIpc) is 2.53. The first-order chi connectivity index (χ1) is 11.6. The highest BCUT2D eigenvalue weighted by Gasteiger charge is 2.30. The zero-order valence-electron chi connectivity index (χ0n) is 13.5. The Bertz CT molecular complexity index is 646. The van der Waals surface area contributed by atoms with E-state index in [9.17, 15) is 19.5 Å². The predicted molar refractivity (Wildman–Crippen MR) is 87.8 cm³/mol. The van der Waals surface area contributed by atoms with Crippen LogP contribution in [0.25, 0.3) is 0 Å². The molecule has 1 saturated carbocycles. The van der Waals surface area contributed by atoms with Gasteiger partial charge in [0.15, 0.2) is 0 Å². The number of nitrogens with zero attached hydrogens (tertiary/aromatic N) is 1. The molecule has 1 heterocycles. The Morgan fingerprint density at radius 2 is 1.62 bits per heavy atom. The van der Waals surface area contributed by atoms with Crippen molar-refractivity contribution in [3.8, 4) is 0 Å². The van der Waals surface area contributed by atoms with Crippen molar-refractivity contribution in [1.82, 2.24) is 10.2 Å². The van der Waals surface area contributed by atoms with Gasteiger partial charge >= 0.3 is 5.97 Å². The molecule has 3 rings (SSSR count). The standard InChI is InChI=1S/C18H22N2O4/c21-16(12-4-3-5-12)19-13-8-10-20(11-9-13)17(22)14-6-1-2-7-15(14)18(23)24/h1-2,6-7,12-13H,3-5,8-11H2,(H,19,21)(H,23,24). The van der Waals surface area contributed by atoms with Crippen LogP contribution in [0.15, 0.2) is 24.3 Å². The molecular formula is C18H22N2O4. The molecule has 2 aliphatic rings. The van der Waals surface area contributed by atoms with E-state index in [1.54, 1.807) is 23.1 Å². The fraction of sp³-hybridized carbons (Fsp3) is 0.500. The second kappa shape index (κ2) is 7.03. The van der Waals surface area contributed by atoms with Crippen LogP contribution in [0.2, 0.25) is 0 Å². The van der Waals surface area contributed by atoms with Gasteiger partial charge in [0.25, 0.3) is 5.91 Å². The first-order valence-corrected chi connectivity index (χ1v) is 8.48. The smallest absolute Gasteiger partial charge is 0.336 e. The summed E-state index contributed by atoms with van der Waals surface area (Å²) in [5.74, 6) is -1.03. The minimum absolute atomic E-state index is 0.0305. The number of benzene rings is 1. The van der Waals surface area contributed by atoms with Crippen LogP contribution < -0.4 is 5.32 Å². The van der Waals surface area contributed by atoms with Crippen LogP contribution in [0.1, 0.15) is 52.8 Å². The maximum atomic E-state index is 12.6. The number of carboxylic acid groups (broad SMARTS) is 1. The first-order valence-electron chi connectivity index (χ1n) is 8.48. The molecule has 2 N–H and O–H groups in total. The number of carbonyl (C=O) groups excluding carboxylic acids is 2. The quantitative estimate of drug-likeness (QED) is 0.883. The third-order valence-electron chi connectivity index (χ3n) is 4.99. The molecule has 6 heteroatoms. The number of likely N-dealkylation sites (tertiary alicyclic amines) is 1. The third-order valence-corrected chi connectivity index (χ3v) is 4.99. The molecule has 1 aromatic rings. The Morgan fingerprint density at radius 3 is 2.17 bits per heavy atom. The molecular weight excluding hydrogens is 308 g/mol. The third kappa shape index (κ3) is 3.42. The molecule has 0 atom stereocenters. The summed E-state index contributed by atoms with van der Waals surface area (Å²) >= 11 is 0. The topological polar surface area (TPSA) is 86.7 Å². The summed E-state index contributed by atoms with van der Waals surface area (Å²) in [6.45, 7) is 1.06. The fourth-order valence-corrected chi connectivity index (χ4v) is 3.24. The summed E-state index contributed by atoms with van der Waals surface area (Å²) in [6, 6.07) is 6.39. The van der Waals surface area contributed by atoms with Gasteiger partial charge in [0, 0.05) is 25.0 Å². The average molecular weight is 330 g/mol. The van der Waals surface area contributed by atoms with Crippen molar-refractivity contribution < 1.29 is 19.5 Å². The number of hydrogen-bond donors (Lipinski definition) is 2. The van der Waals surface area contributed by atoms with Crippen LogP contribution in [0.4, 0.5) is 0 Å². The van der Waals surface area contributed by atoms with Crippen molar-refractivity contribution in [3.05, 3.63) is 35.4 Å². The molecule has 1 saturated heterocycles. The highest BCUT2D eigenvalue weighted by atomic mass is 16.4. The molecule has 0 aromatic heterocycles. The van der Waals surface area contributed by atoms with Crippen molar-refractivity contribution in [2.24, 2.45) is 5.92 Å². The summed E-state index contributed by atoms with van der Waals surface area (Å²) in [5.41, 5.74) is 0.255. The molecule has 2 amide bonds. The fourth-order valence-electron chi connectivity index (χ4n) is 3.24. The van der Waals surface area contributed by atoms with Crippen LogP contribution in [0.3, 0.4) is 0 Å². The van der Waals surface area contributed by atoms with Crippen LogP contribution in [-0.4, -0.2) is 46.9 Å². The summed E-state index contributed by atoms with van der Waals surface area (Å²) < 4.78 is 0. The zero-order chi connectivity index (χ0) is 17.1. The van der Waals surface area contributed by atoms with Crippen molar-refractivity contribution >= 4 is 17.8 Å². The van der Waals surface area contributed by atoms with Crippen molar-refractivity contribution in [1.29, 1.82) is 0 Å². The molecule has 128 valence electrons. The second-order valence-electron chi connectivity index (χ2n) is 6.55. The Labute approximate surface area is 140 Å². The van der Waals surface area contributed by atoms with E-state index in [1.165, 1.54) is 6.07 Å². The van der Waals surface area contributed by atoms with E-state index in [2.05, 4.69) is 5.32 Å². The van der Waals surface area contributed by atoms with E-state index >= 15 is 0 Å². The summed E-state index contributed by atoms with van der Waals surface area (Å²) in [4.78, 5) is 37.5. The lowest BCUT2D eigenvalue weighted by Gasteiger charge is -2.34. The van der Waals surface area contributed by atoms with Crippen LogP contribution in [0.5, 0.6) is 0 Å². The number of amides is 2. The van der Waals surface area contributed by atoms with Gasteiger partial charge in [-0.2, -0.15) is 0 Å². The SMILES string of the molecule is O=C(O)c1ccccc1C(=O)N1CCC(NC(=O)C2CCC2)CC1. The molecule has 1 aliphatic carbocycles. The Morgan fingerprint density at radius 1 is 1.00 bits per heavy atom. The number of piperidine rings is 1. The minimum atomic E-state index is -1.10. The van der Waals surface area contributed by atoms with Crippen LogP contribution in [0, 0.1) is 5.92 Å². The van der Waals surface area contributed by atoms with Crippen molar-refractivity contribution in [3.63, 3.8) is 0 Å². The number of carbonyl (C=O) groups is 3. The number of carboxylic acids is 1. The Kier molecular flexibility index (Phi) is 4.83. The zero-order valence-corrected chi connectivity index (χ0v) is 13.5. The number of rotatable bonds is 4. The highest BCUT2D eigenvalue weighted by Crippen LogP contribution is 2.27. The summed E-state index contributed by atoms with van der Waals surface area (Å²) in [5, 5.41) is 12.3. The molecule has 0 radical (unpaired) electrons. The van der Waals surface area contributed by atoms with Gasteiger partial charge in [0.1, 0.15) is 0 Å². The molecule has 1 aliphatic heterocycles. The molecule has 6 nitrogen and oxygen atoms in total. The van der Waals surface area contributed by atoms with Gasteiger partial charge < -0.3 is 15.3 Å². The van der Waals surface area contributed by atoms with E-state index < -0.39 is 5.97 Å². The maximum Gasteiger partial charge on any atom is 0.336 e. The van der Waals surface area contributed by atoms with E-state index in [4.69, 9.17) is 0 Å². The minimum Gasteiger partial charge on any atom is -0.478 e. The molecule has 0 unspecified atom stereocenters. The maximum absolute atomic E-state index is 12.6. The Hall–Kier alpha value is -2.37. The van der Waals surface area contributed by atoms with Crippen LogP contribution >= 0.6 is 0 Å². The predicted octanol–water partition coefficient (Wildman–Crippen LogP) is 1.91. The van der Waals surface area contributed by atoms with Gasteiger partial charge in [0.2, 0.25) is 5.91 Å². The number of aromatic carboxylic acids is 1. The van der Waals surface area contributed by atoms with E-state index in [0.29, 0.717) is 25.9 Å². The van der Waals surface area contributed by atoms with Gasteiger partial charge in [-0.05, 0) is 37.8 Å². The molecule has 1 aromatic carbocycles. The monoisotopic (exact) mass is 330 g/mol. The largest absolute Gasteiger partial charge is 0.478 e. The van der Waals surface area contributed by atoms with Crippen molar-refractivity contribution in [2.45, 2.75) is 38.1 Å². The lowest BCUT2D eigenvalue weighted by molar-refractivity contribution is -0.128. The number of hydrogen-bond acceptors (Lipinski definition) is 3. The summed E-state index contributed by atoms with van der Waals surface area (Å²) in [6.07, 6.45) is 4.51. The van der Waals surface area contributed by atoms with Gasteiger partial charge in [0.05, 0.1) is 11.1 Å². The second-order valence-corrected chi connectivity index (χ2v) is 6.55. The van der Waals surface area contributed by atoms with Gasteiger partial charge in [-0.25, -0.2) is 4.79 Å². The molecule has 2 fully saturated rings. The van der Waals surface area contributed by atoms with E-state index in [-0.39, 0.29) is 34.9 Å². The lowest BCUT2D eigenvalue weighted by Crippen LogP contribution is -2.48. The normalized spacial score (nSPS) is 18.8. The number of nitrogens with one attached hydrogen (secondary N) is 1. The van der Waals surface area contributed by atoms with E-state index in [0.717, 1.165) is 19.3 Å². The molecule has 24 heavy (non-hydrogen) atoms. The summed E-state index contributed by atoms with van der Waals surface area (Å²) in [7, 11) is 0. The molecule has 0 bridgehead atoms. The van der Waals surface area contributed by atoms with E-state index in [1.807, 2.05) is 0 Å².